The summed E-state index contributed by atoms with van der Waals surface area (Å²) in [5, 5.41) is 29.2. The molecule has 128 valence electrons. The number of allylic oxidation sites excluding steroid dienone is 2. The lowest BCUT2D eigenvalue weighted by molar-refractivity contribution is -0.111. The van der Waals surface area contributed by atoms with E-state index >= 15 is 0 Å². The van der Waals surface area contributed by atoms with Crippen LogP contribution >= 0.6 is 11.6 Å². The van der Waals surface area contributed by atoms with Crippen molar-refractivity contribution in [2.75, 3.05) is 11.9 Å². The van der Waals surface area contributed by atoms with E-state index in [4.69, 9.17) is 22.4 Å². The summed E-state index contributed by atoms with van der Waals surface area (Å²) in [7, 11) is 0. The number of Topliss-reactive ketones (excluding diaryl/α,β-unsaturated/α-hetero) is 1. The molecular weight excluding hydrogens is 335 g/mol. The van der Waals surface area contributed by atoms with Crippen LogP contribution in [0.15, 0.2) is 41.7 Å². The van der Waals surface area contributed by atoms with Crippen LogP contribution in [0.3, 0.4) is 0 Å². The normalized spacial score (nSPS) is 11.8. The van der Waals surface area contributed by atoms with E-state index in [1.165, 1.54) is 18.3 Å². The molecule has 0 amide bonds. The Balaban J connectivity index is 3.22. The quantitative estimate of drug-likeness (QED) is 0.347. The van der Waals surface area contributed by atoms with Crippen LogP contribution < -0.4 is 10.6 Å². The molecule has 0 saturated carbocycles. The van der Waals surface area contributed by atoms with E-state index < -0.39 is 23.4 Å². The molecule has 1 rings (SSSR count). The largest absolute Gasteiger partial charge is 0.392 e. The zero-order chi connectivity index (χ0) is 18.1. The molecule has 6 nitrogen and oxygen atoms in total. The first kappa shape index (κ1) is 19.5. The molecule has 0 atom stereocenters. The molecular formula is C16H18ClFN4O2. The van der Waals surface area contributed by atoms with Crippen molar-refractivity contribution in [2.45, 2.75) is 13.5 Å². The van der Waals surface area contributed by atoms with Crippen LogP contribution in [0.25, 0.3) is 0 Å². The summed E-state index contributed by atoms with van der Waals surface area (Å²) in [5.74, 6) is -1.11. The van der Waals surface area contributed by atoms with Crippen molar-refractivity contribution in [1.29, 1.82) is 10.8 Å². The predicted molar refractivity (Wildman–Crippen MR) is 93.2 cm³/mol. The first-order chi connectivity index (χ1) is 11.4. The number of halogens is 2. The zero-order valence-corrected chi connectivity index (χ0v) is 13.7. The fourth-order valence-electron chi connectivity index (χ4n) is 1.79. The van der Waals surface area contributed by atoms with Crippen LogP contribution in [-0.4, -0.2) is 28.8 Å². The standard InChI is InChI=1S/C16H18ClFN4O2/c1-2-21-8-11(7-19)16(24)14(6-15(17)20)22-13-4-3-12(18)5-10(13)9-23/h3-8,19-23H,2,9H2,1H3/b11-8+,14-6-,19-7?,20-15?. The van der Waals surface area contributed by atoms with Crippen molar-refractivity contribution in [3.63, 3.8) is 0 Å². The summed E-state index contributed by atoms with van der Waals surface area (Å²) in [6, 6.07) is 3.65. The van der Waals surface area contributed by atoms with Crippen molar-refractivity contribution < 1.29 is 14.3 Å². The number of carbonyl (C=O) groups excluding carboxylic acids is 1. The Kier molecular flexibility index (Phi) is 7.81. The second-order valence-corrected chi connectivity index (χ2v) is 5.03. The fraction of sp³-hybridized carbons (Fsp3) is 0.188. The van der Waals surface area contributed by atoms with Crippen LogP contribution in [0.5, 0.6) is 0 Å². The Labute approximate surface area is 144 Å². The zero-order valence-electron chi connectivity index (χ0n) is 13.0. The van der Waals surface area contributed by atoms with E-state index in [2.05, 4.69) is 10.6 Å². The summed E-state index contributed by atoms with van der Waals surface area (Å²) in [6.45, 7) is 1.96. The van der Waals surface area contributed by atoms with Gasteiger partial charge in [0.2, 0.25) is 5.78 Å². The molecule has 0 radical (unpaired) electrons. The lowest BCUT2D eigenvalue weighted by Gasteiger charge is -2.14. The predicted octanol–water partition coefficient (Wildman–Crippen LogP) is 2.54. The van der Waals surface area contributed by atoms with Crippen LogP contribution in [-0.2, 0) is 11.4 Å². The van der Waals surface area contributed by atoms with E-state index in [0.717, 1.165) is 18.4 Å². The van der Waals surface area contributed by atoms with Gasteiger partial charge in [-0.2, -0.15) is 0 Å². The summed E-state index contributed by atoms with van der Waals surface area (Å²) in [4.78, 5) is 12.5. The molecule has 0 aromatic heterocycles. The first-order valence-electron chi connectivity index (χ1n) is 7.03. The Morgan fingerprint density at radius 3 is 2.71 bits per heavy atom. The third-order valence-corrected chi connectivity index (χ3v) is 3.01. The van der Waals surface area contributed by atoms with Gasteiger partial charge >= 0.3 is 0 Å². The van der Waals surface area contributed by atoms with Gasteiger partial charge in [0.05, 0.1) is 17.9 Å². The number of ketones is 1. The number of hydrogen-bond acceptors (Lipinski definition) is 6. The van der Waals surface area contributed by atoms with E-state index in [1.54, 1.807) is 0 Å². The van der Waals surface area contributed by atoms with Crippen LogP contribution in [0.1, 0.15) is 12.5 Å². The number of carbonyl (C=O) groups is 1. The maximum Gasteiger partial charge on any atom is 0.212 e. The number of anilines is 1. The van der Waals surface area contributed by atoms with Gasteiger partial charge in [-0.1, -0.05) is 11.6 Å². The summed E-state index contributed by atoms with van der Waals surface area (Å²) in [5.41, 5.74) is 0.496. The minimum Gasteiger partial charge on any atom is -0.392 e. The molecule has 0 bridgehead atoms. The second kappa shape index (κ2) is 9.59. The number of aliphatic hydroxyl groups excluding tert-OH is 1. The van der Waals surface area contributed by atoms with Gasteiger partial charge < -0.3 is 21.1 Å². The number of rotatable bonds is 9. The van der Waals surface area contributed by atoms with Gasteiger partial charge in [0.1, 0.15) is 11.0 Å². The van der Waals surface area contributed by atoms with Crippen LogP contribution in [0.4, 0.5) is 10.1 Å². The monoisotopic (exact) mass is 352 g/mol. The molecule has 0 aliphatic heterocycles. The second-order valence-electron chi connectivity index (χ2n) is 4.62. The Morgan fingerprint density at radius 2 is 2.17 bits per heavy atom. The molecule has 0 aliphatic carbocycles. The van der Waals surface area contributed by atoms with Gasteiger partial charge in [-0.15, -0.1) is 0 Å². The maximum absolute atomic E-state index is 13.2. The lowest BCUT2D eigenvalue weighted by atomic mass is 10.1. The highest BCUT2D eigenvalue weighted by Crippen LogP contribution is 2.20. The van der Waals surface area contributed by atoms with E-state index in [0.29, 0.717) is 12.2 Å². The molecule has 8 heteroatoms. The molecule has 5 N–H and O–H groups in total. The first-order valence-corrected chi connectivity index (χ1v) is 7.41. The van der Waals surface area contributed by atoms with Crippen molar-refractivity contribution in [2.24, 2.45) is 0 Å². The van der Waals surface area contributed by atoms with Gasteiger partial charge in [0, 0.05) is 36.3 Å². The number of aliphatic hydroxyl groups is 1. The Hall–Kier alpha value is -2.51. The average Bonchev–Trinajstić information content (AvgIpc) is 2.55. The molecule has 1 aromatic carbocycles. The third kappa shape index (κ3) is 5.60. The molecule has 0 spiro atoms. The summed E-state index contributed by atoms with van der Waals surface area (Å²) in [6.07, 6.45) is 3.33. The van der Waals surface area contributed by atoms with Crippen molar-refractivity contribution in [1.82, 2.24) is 5.32 Å². The van der Waals surface area contributed by atoms with Gasteiger partial charge in [0.25, 0.3) is 0 Å². The summed E-state index contributed by atoms with van der Waals surface area (Å²) >= 11 is 5.55. The smallest absolute Gasteiger partial charge is 0.212 e. The van der Waals surface area contributed by atoms with Gasteiger partial charge in [-0.25, -0.2) is 4.39 Å². The molecule has 0 aliphatic rings. The Bertz CT molecular complexity index is 701. The number of hydrogen-bond donors (Lipinski definition) is 5. The highest BCUT2D eigenvalue weighted by molar-refractivity contribution is 6.67. The minimum atomic E-state index is -0.579. The molecule has 0 heterocycles. The lowest BCUT2D eigenvalue weighted by Crippen LogP contribution is -2.18. The summed E-state index contributed by atoms with van der Waals surface area (Å²) < 4.78 is 13.2. The van der Waals surface area contributed by atoms with Gasteiger partial charge in [-0.05, 0) is 25.1 Å². The molecule has 24 heavy (non-hydrogen) atoms. The van der Waals surface area contributed by atoms with Crippen molar-refractivity contribution in [3.05, 3.63) is 53.1 Å². The highest BCUT2D eigenvalue weighted by atomic mass is 35.5. The number of nitrogens with one attached hydrogen (secondary N) is 4. The molecule has 1 aromatic rings. The van der Waals surface area contributed by atoms with E-state index in [9.17, 15) is 14.3 Å². The minimum absolute atomic E-state index is 0.0428. The third-order valence-electron chi connectivity index (χ3n) is 2.90. The maximum atomic E-state index is 13.2. The Morgan fingerprint density at radius 1 is 1.46 bits per heavy atom. The van der Waals surface area contributed by atoms with Crippen molar-refractivity contribution >= 4 is 34.5 Å². The highest BCUT2D eigenvalue weighted by Gasteiger charge is 2.16. The van der Waals surface area contributed by atoms with Crippen LogP contribution in [0.2, 0.25) is 0 Å². The topological polar surface area (TPSA) is 109 Å². The molecule has 0 unspecified atom stereocenters. The fourth-order valence-corrected chi connectivity index (χ4v) is 1.89. The number of benzene rings is 1. The van der Waals surface area contributed by atoms with E-state index in [-0.39, 0.29) is 16.8 Å². The van der Waals surface area contributed by atoms with Gasteiger partial charge in [-0.3, -0.25) is 10.2 Å². The van der Waals surface area contributed by atoms with Crippen LogP contribution in [0, 0.1) is 16.6 Å². The van der Waals surface area contributed by atoms with E-state index in [1.807, 2.05) is 6.92 Å². The molecule has 0 fully saturated rings. The molecule has 0 saturated heterocycles. The SMILES string of the molecule is CCN/C=C(\C=N)C(=O)/C(=C/C(=N)Cl)Nc1ccc(F)cc1CO. The van der Waals surface area contributed by atoms with Crippen molar-refractivity contribution in [3.8, 4) is 0 Å². The van der Waals surface area contributed by atoms with Gasteiger partial charge in [0.15, 0.2) is 0 Å². The average molecular weight is 353 g/mol.